The average molecular weight is 310 g/mol. The molecule has 1 atom stereocenters. The van der Waals surface area contributed by atoms with Gasteiger partial charge in [-0.1, -0.05) is 24.6 Å². The maximum Gasteiger partial charge on any atom is 0.244 e. The van der Waals surface area contributed by atoms with Crippen molar-refractivity contribution < 1.29 is 14.6 Å². The van der Waals surface area contributed by atoms with Crippen LogP contribution in [0.4, 0.5) is 0 Å². The highest BCUT2D eigenvalue weighted by molar-refractivity contribution is 5.88. The monoisotopic (exact) mass is 310 g/mol. The van der Waals surface area contributed by atoms with Gasteiger partial charge in [-0.3, -0.25) is 4.79 Å². The van der Waals surface area contributed by atoms with Gasteiger partial charge in [-0.25, -0.2) is 0 Å². The van der Waals surface area contributed by atoms with Crippen LogP contribution in [0.2, 0.25) is 0 Å². The summed E-state index contributed by atoms with van der Waals surface area (Å²) < 4.78 is 4.94. The van der Waals surface area contributed by atoms with Crippen molar-refractivity contribution in [3.05, 3.63) is 23.8 Å². The second kappa shape index (κ2) is 10.5. The zero-order valence-corrected chi connectivity index (χ0v) is 14.0. The van der Waals surface area contributed by atoms with Gasteiger partial charge in [0.05, 0.1) is 12.7 Å². The summed E-state index contributed by atoms with van der Waals surface area (Å²) in [7, 11) is 1.59. The van der Waals surface area contributed by atoms with Crippen LogP contribution in [-0.2, 0) is 9.53 Å². The lowest BCUT2D eigenvalue weighted by Gasteiger charge is -2.33. The van der Waals surface area contributed by atoms with Crippen molar-refractivity contribution in [2.45, 2.75) is 45.3 Å². The van der Waals surface area contributed by atoms with E-state index in [-0.39, 0.29) is 11.9 Å². The van der Waals surface area contributed by atoms with Crippen molar-refractivity contribution in [3.63, 3.8) is 0 Å². The van der Waals surface area contributed by atoms with Crippen LogP contribution in [0.3, 0.4) is 0 Å². The molecule has 1 fully saturated rings. The molecule has 1 aliphatic rings. The Hall–Kier alpha value is -1.17. The number of likely N-dealkylation sites (tertiary alicyclic amines) is 1. The highest BCUT2D eigenvalue weighted by Gasteiger charge is 2.21. The molecule has 0 radical (unpaired) electrons. The summed E-state index contributed by atoms with van der Waals surface area (Å²) in [6, 6.07) is 0.226. The first-order chi connectivity index (χ1) is 10.6. The number of hydrogen-bond donors (Lipinski definition) is 2. The summed E-state index contributed by atoms with van der Waals surface area (Å²) in [6.45, 7) is 6.84. The van der Waals surface area contributed by atoms with Gasteiger partial charge in [0.15, 0.2) is 0 Å². The van der Waals surface area contributed by atoms with Gasteiger partial charge in [-0.2, -0.15) is 0 Å². The molecular weight excluding hydrogens is 280 g/mol. The normalized spacial score (nSPS) is 19.5. The lowest BCUT2D eigenvalue weighted by Crippen LogP contribution is -2.46. The van der Waals surface area contributed by atoms with E-state index in [2.05, 4.69) is 17.1 Å². The van der Waals surface area contributed by atoms with Crippen LogP contribution in [0.25, 0.3) is 0 Å². The topological polar surface area (TPSA) is 61.8 Å². The Balaban J connectivity index is 2.29. The summed E-state index contributed by atoms with van der Waals surface area (Å²) >= 11 is 0. The van der Waals surface area contributed by atoms with E-state index in [9.17, 15) is 9.90 Å². The molecule has 0 spiro atoms. The maximum atomic E-state index is 11.9. The minimum absolute atomic E-state index is 0.0225. The predicted octanol–water partition coefficient (Wildman–Crippen LogP) is 1.49. The van der Waals surface area contributed by atoms with Crippen molar-refractivity contribution >= 4 is 5.91 Å². The molecule has 0 bridgehead atoms. The number of hydrogen-bond acceptors (Lipinski definition) is 4. The number of β-amino-alcohol motifs (C(OH)–C–C–N with tert-alkyl or cyclic N) is 1. The zero-order chi connectivity index (χ0) is 16.4. The Morgan fingerprint density at radius 1 is 1.41 bits per heavy atom. The number of carbonyl (C=O) groups is 1. The van der Waals surface area contributed by atoms with Crippen LogP contribution < -0.4 is 5.32 Å². The summed E-state index contributed by atoms with van der Waals surface area (Å²) in [5, 5.41) is 12.8. The molecular formula is C17H30N2O3. The van der Waals surface area contributed by atoms with Gasteiger partial charge < -0.3 is 20.1 Å². The van der Waals surface area contributed by atoms with E-state index in [1.54, 1.807) is 13.2 Å². The Morgan fingerprint density at radius 2 is 2.09 bits per heavy atom. The third-order valence-electron chi connectivity index (χ3n) is 3.99. The maximum absolute atomic E-state index is 11.9. The van der Waals surface area contributed by atoms with E-state index < -0.39 is 6.10 Å². The fraction of sp³-hybridized carbons (Fsp3) is 0.706. The number of aliphatic hydroxyl groups is 1. The quantitative estimate of drug-likeness (QED) is 0.527. The van der Waals surface area contributed by atoms with Crippen molar-refractivity contribution in [2.24, 2.45) is 0 Å². The van der Waals surface area contributed by atoms with Gasteiger partial charge in [0.1, 0.15) is 0 Å². The molecule has 5 heteroatoms. The molecule has 0 saturated carbocycles. The van der Waals surface area contributed by atoms with Crippen LogP contribution in [0.15, 0.2) is 23.8 Å². The van der Waals surface area contributed by atoms with Gasteiger partial charge in [0.25, 0.3) is 0 Å². The molecule has 1 aliphatic heterocycles. The molecule has 1 unspecified atom stereocenters. The third kappa shape index (κ3) is 7.20. The number of aliphatic hydroxyl groups excluding tert-OH is 1. The standard InChI is InChI=1S/C17H30N2O3/c1-4-14(5-2)6-7-17(21)18-15-8-10-19(11-9-15)12-16(20)13-22-3/h4,6-7,15-16,20H,5,8-13H2,1-3H3,(H,18,21). The second-order valence-electron chi connectivity index (χ2n) is 5.74. The second-order valence-corrected chi connectivity index (χ2v) is 5.74. The molecule has 0 aromatic heterocycles. The number of allylic oxidation sites excluding steroid dienone is 3. The van der Waals surface area contributed by atoms with Crippen LogP contribution in [0.5, 0.6) is 0 Å². The fourth-order valence-electron chi connectivity index (χ4n) is 2.65. The number of carbonyl (C=O) groups excluding carboxylic acids is 1. The Labute approximate surface area is 134 Å². The van der Waals surface area contributed by atoms with Crippen molar-refractivity contribution in [1.82, 2.24) is 10.2 Å². The first-order valence-corrected chi connectivity index (χ1v) is 8.12. The molecule has 1 rings (SSSR count). The SMILES string of the molecule is CC=C(C=CC(=O)NC1CCN(CC(O)COC)CC1)CC. The van der Waals surface area contributed by atoms with Crippen molar-refractivity contribution in [3.8, 4) is 0 Å². The number of nitrogens with one attached hydrogen (secondary N) is 1. The van der Waals surface area contributed by atoms with Crippen molar-refractivity contribution in [1.29, 1.82) is 0 Å². The molecule has 0 aromatic carbocycles. The first-order valence-electron chi connectivity index (χ1n) is 8.12. The van der Waals surface area contributed by atoms with Gasteiger partial charge in [0, 0.05) is 38.9 Å². The third-order valence-corrected chi connectivity index (χ3v) is 3.99. The van der Waals surface area contributed by atoms with E-state index in [1.165, 1.54) is 0 Å². The lowest BCUT2D eigenvalue weighted by molar-refractivity contribution is -0.117. The molecule has 1 heterocycles. The molecule has 22 heavy (non-hydrogen) atoms. The van der Waals surface area contributed by atoms with Crippen LogP contribution in [-0.4, -0.2) is 61.4 Å². The number of nitrogens with zero attached hydrogens (tertiary/aromatic N) is 1. The highest BCUT2D eigenvalue weighted by Crippen LogP contribution is 2.11. The first kappa shape index (κ1) is 18.9. The number of piperidine rings is 1. The molecule has 5 nitrogen and oxygen atoms in total. The minimum atomic E-state index is -0.438. The average Bonchev–Trinajstić information content (AvgIpc) is 2.50. The Morgan fingerprint density at radius 3 is 2.64 bits per heavy atom. The van der Waals surface area contributed by atoms with Gasteiger partial charge in [-0.15, -0.1) is 0 Å². The summed E-state index contributed by atoms with van der Waals surface area (Å²) in [4.78, 5) is 14.1. The van der Waals surface area contributed by atoms with Crippen molar-refractivity contribution in [2.75, 3.05) is 33.4 Å². The van der Waals surface area contributed by atoms with E-state index in [1.807, 2.05) is 19.1 Å². The number of amides is 1. The Bertz CT molecular complexity index is 385. The van der Waals surface area contributed by atoms with Crippen LogP contribution in [0, 0.1) is 0 Å². The smallest absolute Gasteiger partial charge is 0.244 e. The lowest BCUT2D eigenvalue weighted by atomic mass is 10.0. The predicted molar refractivity (Wildman–Crippen MR) is 88.7 cm³/mol. The minimum Gasteiger partial charge on any atom is -0.389 e. The van der Waals surface area contributed by atoms with Crippen LogP contribution >= 0.6 is 0 Å². The molecule has 0 aliphatic carbocycles. The van der Waals surface area contributed by atoms with E-state index in [4.69, 9.17) is 4.74 Å². The van der Waals surface area contributed by atoms with E-state index >= 15 is 0 Å². The largest absolute Gasteiger partial charge is 0.389 e. The van der Waals surface area contributed by atoms with Gasteiger partial charge >= 0.3 is 0 Å². The fourth-order valence-corrected chi connectivity index (χ4v) is 2.65. The molecule has 2 N–H and O–H groups in total. The zero-order valence-electron chi connectivity index (χ0n) is 14.0. The summed E-state index contributed by atoms with van der Waals surface area (Å²) in [5.74, 6) is -0.0225. The Kier molecular flexibility index (Phi) is 9.04. The molecule has 126 valence electrons. The number of methoxy groups -OCH3 is 1. The van der Waals surface area contributed by atoms with E-state index in [0.29, 0.717) is 13.2 Å². The van der Waals surface area contributed by atoms with Crippen LogP contribution in [0.1, 0.15) is 33.1 Å². The highest BCUT2D eigenvalue weighted by atomic mass is 16.5. The van der Waals surface area contributed by atoms with Gasteiger partial charge in [-0.05, 0) is 26.2 Å². The number of rotatable bonds is 8. The number of ether oxygens (including phenoxy) is 1. The molecule has 1 amide bonds. The van der Waals surface area contributed by atoms with E-state index in [0.717, 1.165) is 37.9 Å². The molecule has 0 aromatic rings. The molecule has 1 saturated heterocycles. The van der Waals surface area contributed by atoms with Gasteiger partial charge in [0.2, 0.25) is 5.91 Å². The summed E-state index contributed by atoms with van der Waals surface area (Å²) in [6.07, 6.45) is 7.86. The summed E-state index contributed by atoms with van der Waals surface area (Å²) in [5.41, 5.74) is 1.16.